The number of fused-ring (bicyclic) bond motifs is 1. The van der Waals surface area contributed by atoms with Crippen LogP contribution in [0.5, 0.6) is 0 Å². The lowest BCUT2D eigenvalue weighted by molar-refractivity contribution is 0.308. The number of hydrogen-bond donors (Lipinski definition) is 2. The summed E-state index contributed by atoms with van der Waals surface area (Å²) in [6.07, 6.45) is 0.384. The smallest absolute Gasteiger partial charge is 0.128 e. The van der Waals surface area contributed by atoms with Gasteiger partial charge in [0.2, 0.25) is 0 Å². The number of hydrogen-bond acceptors (Lipinski definition) is 3. The minimum atomic E-state index is 0.120. The molecule has 2 aromatic rings. The Morgan fingerprint density at radius 1 is 1.14 bits per heavy atom. The molecule has 4 nitrogen and oxygen atoms in total. The van der Waals surface area contributed by atoms with Crippen LogP contribution >= 0.6 is 11.6 Å². The lowest BCUT2D eigenvalue weighted by Gasteiger charge is -2.24. The number of hydroxylamine groups is 1. The number of amidine groups is 1. The Hall–Kier alpha value is -2.17. The Balaban J connectivity index is 2.21. The molecule has 2 aromatic carbocycles. The molecule has 1 aliphatic heterocycles. The fraction of sp³-hybridized carbons (Fsp3) is 0.125. The zero-order valence-electron chi connectivity index (χ0n) is 11.3. The highest BCUT2D eigenvalue weighted by Gasteiger charge is 2.21. The Labute approximate surface area is 127 Å². The van der Waals surface area contributed by atoms with Crippen LogP contribution < -0.4 is 5.06 Å². The van der Waals surface area contributed by atoms with Gasteiger partial charge in [0.05, 0.1) is 11.4 Å². The number of aliphatic imine (C=N–C) groups is 1. The third kappa shape index (κ3) is 2.68. The standard InChI is InChI=1S/C16H14ClN3O/c17-12-6-7-14-13(10-12)16(11-4-2-1-3-5-11)19-9-8-15(18)20(14)21/h1-7,10,18,21H,8-9H2. The SMILES string of the molecule is N=C1CCN=C(c2ccccc2)c2cc(Cl)ccc2N1O. The molecule has 0 unspecified atom stereocenters. The van der Waals surface area contributed by atoms with Gasteiger partial charge in [0, 0.05) is 29.1 Å². The Morgan fingerprint density at radius 2 is 1.90 bits per heavy atom. The monoisotopic (exact) mass is 299 g/mol. The highest BCUT2D eigenvalue weighted by Crippen LogP contribution is 2.28. The van der Waals surface area contributed by atoms with Crippen molar-refractivity contribution in [1.29, 1.82) is 5.41 Å². The van der Waals surface area contributed by atoms with E-state index in [-0.39, 0.29) is 5.84 Å². The molecule has 0 atom stereocenters. The van der Waals surface area contributed by atoms with Gasteiger partial charge >= 0.3 is 0 Å². The first-order valence-corrected chi connectivity index (χ1v) is 7.01. The van der Waals surface area contributed by atoms with Crippen molar-refractivity contribution < 1.29 is 5.21 Å². The van der Waals surface area contributed by atoms with Gasteiger partial charge in [-0.15, -0.1) is 0 Å². The van der Waals surface area contributed by atoms with Crippen molar-refractivity contribution in [2.45, 2.75) is 6.42 Å². The van der Waals surface area contributed by atoms with E-state index in [1.54, 1.807) is 18.2 Å². The van der Waals surface area contributed by atoms with Crippen molar-refractivity contribution in [3.63, 3.8) is 0 Å². The molecule has 0 aromatic heterocycles. The van der Waals surface area contributed by atoms with Crippen molar-refractivity contribution in [2.24, 2.45) is 4.99 Å². The van der Waals surface area contributed by atoms with Gasteiger partial charge < -0.3 is 0 Å². The van der Waals surface area contributed by atoms with Crippen LogP contribution in [0.2, 0.25) is 5.02 Å². The molecule has 0 fully saturated rings. The summed E-state index contributed by atoms with van der Waals surface area (Å²) >= 11 is 6.10. The molecule has 5 heteroatoms. The Kier molecular flexibility index (Phi) is 3.73. The van der Waals surface area contributed by atoms with Gasteiger partial charge in [-0.25, -0.2) is 5.06 Å². The van der Waals surface area contributed by atoms with Gasteiger partial charge in [-0.2, -0.15) is 0 Å². The summed E-state index contributed by atoms with van der Waals surface area (Å²) in [4.78, 5) is 4.60. The topological polar surface area (TPSA) is 59.7 Å². The number of rotatable bonds is 1. The minimum Gasteiger partial charge on any atom is -0.286 e. The fourth-order valence-corrected chi connectivity index (χ4v) is 2.51. The summed E-state index contributed by atoms with van der Waals surface area (Å²) in [6, 6.07) is 14.9. The fourth-order valence-electron chi connectivity index (χ4n) is 2.34. The van der Waals surface area contributed by atoms with Gasteiger partial charge in [-0.3, -0.25) is 15.6 Å². The summed E-state index contributed by atoms with van der Waals surface area (Å²) < 4.78 is 0. The van der Waals surface area contributed by atoms with Gasteiger partial charge in [-0.1, -0.05) is 41.9 Å². The highest BCUT2D eigenvalue weighted by molar-refractivity contribution is 6.31. The Morgan fingerprint density at radius 3 is 2.67 bits per heavy atom. The summed E-state index contributed by atoms with van der Waals surface area (Å²) in [6.45, 7) is 0.450. The molecule has 0 saturated heterocycles. The number of nitrogens with zero attached hydrogens (tertiary/aromatic N) is 2. The lowest BCUT2D eigenvalue weighted by Crippen LogP contribution is -2.30. The van der Waals surface area contributed by atoms with E-state index < -0.39 is 0 Å². The average molecular weight is 300 g/mol. The van der Waals surface area contributed by atoms with Crippen LogP contribution in [0, 0.1) is 5.41 Å². The van der Waals surface area contributed by atoms with Crippen molar-refractivity contribution in [2.75, 3.05) is 11.6 Å². The number of nitrogens with one attached hydrogen (secondary N) is 1. The third-order valence-electron chi connectivity index (χ3n) is 3.36. The van der Waals surface area contributed by atoms with Crippen LogP contribution in [0.25, 0.3) is 0 Å². The largest absolute Gasteiger partial charge is 0.286 e. The van der Waals surface area contributed by atoms with Crippen LogP contribution in [0.1, 0.15) is 17.5 Å². The van der Waals surface area contributed by atoms with Crippen LogP contribution in [0.15, 0.2) is 53.5 Å². The van der Waals surface area contributed by atoms with E-state index in [0.717, 1.165) is 21.9 Å². The predicted octanol–water partition coefficient (Wildman–Crippen LogP) is 3.75. The van der Waals surface area contributed by atoms with Gasteiger partial charge in [0.15, 0.2) is 0 Å². The van der Waals surface area contributed by atoms with Crippen LogP contribution in [-0.4, -0.2) is 23.3 Å². The number of benzene rings is 2. The molecular formula is C16H14ClN3O. The maximum absolute atomic E-state index is 10.2. The minimum absolute atomic E-state index is 0.120. The van der Waals surface area contributed by atoms with Crippen LogP contribution in [0.3, 0.4) is 0 Å². The molecule has 1 heterocycles. The first-order valence-electron chi connectivity index (χ1n) is 6.63. The Bertz CT molecular complexity index is 713. The molecule has 3 rings (SSSR count). The van der Waals surface area contributed by atoms with Crippen molar-refractivity contribution in [3.8, 4) is 0 Å². The molecular weight excluding hydrogens is 286 g/mol. The summed E-state index contributed by atoms with van der Waals surface area (Å²) in [5.41, 5.74) is 2.98. The first kappa shape index (κ1) is 13.8. The van der Waals surface area contributed by atoms with Crippen molar-refractivity contribution >= 4 is 28.8 Å². The molecule has 1 aliphatic rings. The maximum atomic E-state index is 10.2. The van der Waals surface area contributed by atoms with E-state index >= 15 is 0 Å². The second-order valence-electron chi connectivity index (χ2n) is 4.77. The first-order chi connectivity index (χ1) is 10.2. The van der Waals surface area contributed by atoms with E-state index in [4.69, 9.17) is 17.0 Å². The number of halogens is 1. The molecule has 0 amide bonds. The van der Waals surface area contributed by atoms with Crippen molar-refractivity contribution in [3.05, 3.63) is 64.7 Å². The zero-order chi connectivity index (χ0) is 14.8. The van der Waals surface area contributed by atoms with E-state index in [2.05, 4.69) is 4.99 Å². The summed E-state index contributed by atoms with van der Waals surface area (Å²) in [5.74, 6) is 0.120. The summed E-state index contributed by atoms with van der Waals surface area (Å²) in [7, 11) is 0. The quantitative estimate of drug-likeness (QED) is 0.842. The lowest BCUT2D eigenvalue weighted by atomic mass is 9.99. The normalized spacial score (nSPS) is 15.0. The molecule has 21 heavy (non-hydrogen) atoms. The maximum Gasteiger partial charge on any atom is 0.128 e. The number of anilines is 1. The molecule has 0 bridgehead atoms. The van der Waals surface area contributed by atoms with Crippen LogP contribution in [-0.2, 0) is 0 Å². The average Bonchev–Trinajstić information content (AvgIpc) is 2.50. The molecule has 106 valence electrons. The molecule has 0 saturated carbocycles. The molecule has 0 aliphatic carbocycles. The van der Waals surface area contributed by atoms with E-state index in [0.29, 0.717) is 23.7 Å². The van der Waals surface area contributed by atoms with Gasteiger partial charge in [-0.05, 0) is 18.2 Å². The highest BCUT2D eigenvalue weighted by atomic mass is 35.5. The molecule has 0 spiro atoms. The second kappa shape index (κ2) is 5.68. The predicted molar refractivity (Wildman–Crippen MR) is 85.0 cm³/mol. The molecule has 2 N–H and O–H groups in total. The van der Waals surface area contributed by atoms with E-state index in [9.17, 15) is 5.21 Å². The zero-order valence-corrected chi connectivity index (χ0v) is 12.0. The molecule has 0 radical (unpaired) electrons. The summed E-state index contributed by atoms with van der Waals surface area (Å²) in [5, 5.41) is 19.5. The van der Waals surface area contributed by atoms with Crippen molar-refractivity contribution in [1.82, 2.24) is 0 Å². The second-order valence-corrected chi connectivity index (χ2v) is 5.20. The van der Waals surface area contributed by atoms with E-state index in [1.807, 2.05) is 30.3 Å². The van der Waals surface area contributed by atoms with Gasteiger partial charge in [0.25, 0.3) is 0 Å². The van der Waals surface area contributed by atoms with Crippen LogP contribution in [0.4, 0.5) is 5.69 Å². The third-order valence-corrected chi connectivity index (χ3v) is 3.60. The van der Waals surface area contributed by atoms with Gasteiger partial charge in [0.1, 0.15) is 5.84 Å². The van der Waals surface area contributed by atoms with E-state index in [1.165, 1.54) is 0 Å².